The van der Waals surface area contributed by atoms with E-state index in [1.165, 1.54) is 38.4 Å². The van der Waals surface area contributed by atoms with Crippen LogP contribution in [0.15, 0.2) is 38.8 Å². The van der Waals surface area contributed by atoms with E-state index in [1.807, 2.05) is 0 Å². The Morgan fingerprint density at radius 3 is 2.43 bits per heavy atom. The summed E-state index contributed by atoms with van der Waals surface area (Å²) in [6.07, 6.45) is 0. The first-order chi connectivity index (χ1) is 10.8. The second kappa shape index (κ2) is 7.11. The SMILES string of the molecule is Cc1nnc(SCC(=O)Nc2ccc(S(=O)(=O)N(C)C)cc2)o1. The number of aromatic nitrogens is 2. The van der Waals surface area contributed by atoms with E-state index in [0.29, 0.717) is 16.8 Å². The van der Waals surface area contributed by atoms with Crippen LogP contribution >= 0.6 is 11.8 Å². The highest BCUT2D eigenvalue weighted by Gasteiger charge is 2.16. The molecule has 0 saturated heterocycles. The molecular weight excluding hydrogens is 340 g/mol. The summed E-state index contributed by atoms with van der Waals surface area (Å²) >= 11 is 1.13. The molecule has 8 nitrogen and oxygen atoms in total. The monoisotopic (exact) mass is 356 g/mol. The van der Waals surface area contributed by atoms with Crippen molar-refractivity contribution < 1.29 is 17.6 Å². The van der Waals surface area contributed by atoms with Gasteiger partial charge in [0.05, 0.1) is 10.6 Å². The third-order valence-electron chi connectivity index (χ3n) is 2.75. The smallest absolute Gasteiger partial charge is 0.277 e. The second-order valence-electron chi connectivity index (χ2n) is 4.74. The van der Waals surface area contributed by atoms with Gasteiger partial charge in [0, 0.05) is 26.7 Å². The van der Waals surface area contributed by atoms with Crippen molar-refractivity contribution in [1.29, 1.82) is 0 Å². The normalized spacial score (nSPS) is 11.7. The standard InChI is InChI=1S/C13H16N4O4S2/c1-9-15-16-13(21-9)22-8-12(18)14-10-4-6-11(7-5-10)23(19,20)17(2)3/h4-7H,8H2,1-3H3,(H,14,18). The second-order valence-corrected chi connectivity index (χ2v) is 7.81. The van der Waals surface area contributed by atoms with Crippen molar-refractivity contribution in [2.75, 3.05) is 25.2 Å². The van der Waals surface area contributed by atoms with Gasteiger partial charge in [0.1, 0.15) is 0 Å². The lowest BCUT2D eigenvalue weighted by atomic mass is 10.3. The van der Waals surface area contributed by atoms with Crippen molar-refractivity contribution >= 4 is 33.4 Å². The van der Waals surface area contributed by atoms with Crippen molar-refractivity contribution in [3.8, 4) is 0 Å². The minimum Gasteiger partial charge on any atom is -0.416 e. The summed E-state index contributed by atoms with van der Waals surface area (Å²) in [5.41, 5.74) is 0.509. The summed E-state index contributed by atoms with van der Waals surface area (Å²) < 4.78 is 30.2. The molecule has 0 aliphatic heterocycles. The average molecular weight is 356 g/mol. The van der Waals surface area contributed by atoms with E-state index in [9.17, 15) is 13.2 Å². The molecule has 1 N–H and O–H groups in total. The first kappa shape index (κ1) is 17.4. The molecule has 1 aromatic carbocycles. The van der Waals surface area contributed by atoms with Crippen LogP contribution in [0.25, 0.3) is 0 Å². The number of sulfonamides is 1. The molecule has 1 amide bonds. The van der Waals surface area contributed by atoms with Crippen LogP contribution in [0.4, 0.5) is 5.69 Å². The molecule has 0 saturated carbocycles. The van der Waals surface area contributed by atoms with E-state index in [0.717, 1.165) is 16.1 Å². The predicted molar refractivity (Wildman–Crippen MR) is 85.7 cm³/mol. The predicted octanol–water partition coefficient (Wildman–Crippen LogP) is 1.36. The molecule has 10 heteroatoms. The van der Waals surface area contributed by atoms with E-state index < -0.39 is 10.0 Å². The number of thioether (sulfide) groups is 1. The Hall–Kier alpha value is -1.91. The number of hydrogen-bond acceptors (Lipinski definition) is 7. The lowest BCUT2D eigenvalue weighted by molar-refractivity contribution is -0.113. The van der Waals surface area contributed by atoms with Crippen molar-refractivity contribution in [1.82, 2.24) is 14.5 Å². The molecule has 0 unspecified atom stereocenters. The van der Waals surface area contributed by atoms with Gasteiger partial charge in [-0.1, -0.05) is 11.8 Å². The van der Waals surface area contributed by atoms with Crippen LogP contribution < -0.4 is 5.32 Å². The Bertz CT molecular complexity index is 785. The van der Waals surface area contributed by atoms with Gasteiger partial charge in [-0.15, -0.1) is 10.2 Å². The Morgan fingerprint density at radius 2 is 1.91 bits per heavy atom. The van der Waals surface area contributed by atoms with Crippen LogP contribution in [-0.2, 0) is 14.8 Å². The molecule has 1 heterocycles. The quantitative estimate of drug-likeness (QED) is 0.779. The summed E-state index contributed by atoms with van der Waals surface area (Å²) in [6.45, 7) is 1.67. The molecule has 23 heavy (non-hydrogen) atoms. The molecule has 0 aliphatic rings. The number of nitrogens with one attached hydrogen (secondary N) is 1. The average Bonchev–Trinajstić information content (AvgIpc) is 2.91. The third-order valence-corrected chi connectivity index (χ3v) is 5.40. The number of nitrogens with zero attached hydrogens (tertiary/aromatic N) is 3. The Labute approximate surface area is 138 Å². The van der Waals surface area contributed by atoms with Crippen LogP contribution in [-0.4, -0.2) is 48.7 Å². The highest BCUT2D eigenvalue weighted by molar-refractivity contribution is 7.99. The number of benzene rings is 1. The third kappa shape index (κ3) is 4.53. The van der Waals surface area contributed by atoms with Crippen molar-refractivity contribution in [3.63, 3.8) is 0 Å². The number of amides is 1. The molecule has 0 aliphatic carbocycles. The first-order valence-corrected chi connectivity index (χ1v) is 8.97. The van der Waals surface area contributed by atoms with Crippen molar-refractivity contribution in [3.05, 3.63) is 30.2 Å². The summed E-state index contributed by atoms with van der Waals surface area (Å²) in [7, 11) is -0.558. The molecule has 1 aromatic heterocycles. The maximum absolute atomic E-state index is 11.9. The summed E-state index contributed by atoms with van der Waals surface area (Å²) in [6, 6.07) is 5.96. The number of anilines is 1. The highest BCUT2D eigenvalue weighted by atomic mass is 32.2. The molecule has 0 radical (unpaired) electrons. The fraction of sp³-hybridized carbons (Fsp3) is 0.308. The van der Waals surface area contributed by atoms with E-state index in [-0.39, 0.29) is 16.6 Å². The van der Waals surface area contributed by atoms with Gasteiger partial charge in [-0.25, -0.2) is 12.7 Å². The van der Waals surface area contributed by atoms with Crippen LogP contribution in [0.2, 0.25) is 0 Å². The van der Waals surface area contributed by atoms with Gasteiger partial charge in [-0.05, 0) is 24.3 Å². The number of aryl methyl sites for hydroxylation is 1. The minimum atomic E-state index is -3.48. The van der Waals surface area contributed by atoms with Crippen LogP contribution in [0.5, 0.6) is 0 Å². The fourth-order valence-electron chi connectivity index (χ4n) is 1.58. The fourth-order valence-corrected chi connectivity index (χ4v) is 3.09. The highest BCUT2D eigenvalue weighted by Crippen LogP contribution is 2.18. The largest absolute Gasteiger partial charge is 0.416 e. The summed E-state index contributed by atoms with van der Waals surface area (Å²) in [4.78, 5) is 12.0. The topological polar surface area (TPSA) is 105 Å². The molecule has 124 valence electrons. The lowest BCUT2D eigenvalue weighted by Crippen LogP contribution is -2.22. The zero-order chi connectivity index (χ0) is 17.0. The first-order valence-electron chi connectivity index (χ1n) is 6.54. The molecule has 0 bridgehead atoms. The molecule has 2 rings (SSSR count). The number of carbonyl (C=O) groups is 1. The van der Waals surface area contributed by atoms with Crippen molar-refractivity contribution in [2.24, 2.45) is 0 Å². The maximum Gasteiger partial charge on any atom is 0.277 e. The van der Waals surface area contributed by atoms with E-state index >= 15 is 0 Å². The number of hydrogen-bond donors (Lipinski definition) is 1. The molecule has 0 spiro atoms. The Kier molecular flexibility index (Phi) is 5.39. The molecule has 0 atom stereocenters. The van der Waals surface area contributed by atoms with Gasteiger partial charge in [0.25, 0.3) is 5.22 Å². The maximum atomic E-state index is 11.9. The zero-order valence-corrected chi connectivity index (χ0v) is 14.4. The Balaban J connectivity index is 1.94. The molecule has 0 fully saturated rings. The summed E-state index contributed by atoms with van der Waals surface area (Å²) in [5, 5.41) is 10.4. The van der Waals surface area contributed by atoms with E-state index in [4.69, 9.17) is 4.42 Å². The molecular formula is C13H16N4O4S2. The van der Waals surface area contributed by atoms with Crippen LogP contribution in [0.1, 0.15) is 5.89 Å². The van der Waals surface area contributed by atoms with Gasteiger partial charge < -0.3 is 9.73 Å². The number of carbonyl (C=O) groups excluding carboxylic acids is 1. The van der Waals surface area contributed by atoms with Crippen LogP contribution in [0.3, 0.4) is 0 Å². The van der Waals surface area contributed by atoms with Gasteiger partial charge in [-0.2, -0.15) is 0 Å². The van der Waals surface area contributed by atoms with Gasteiger partial charge in [0.15, 0.2) is 0 Å². The van der Waals surface area contributed by atoms with E-state index in [1.54, 1.807) is 6.92 Å². The summed E-state index contributed by atoms with van der Waals surface area (Å²) in [5.74, 6) is 0.291. The van der Waals surface area contributed by atoms with Crippen LogP contribution in [0, 0.1) is 6.92 Å². The Morgan fingerprint density at radius 1 is 1.26 bits per heavy atom. The van der Waals surface area contributed by atoms with E-state index in [2.05, 4.69) is 15.5 Å². The van der Waals surface area contributed by atoms with Gasteiger partial charge >= 0.3 is 0 Å². The molecule has 2 aromatic rings. The minimum absolute atomic E-state index is 0.110. The van der Waals surface area contributed by atoms with Crippen molar-refractivity contribution in [2.45, 2.75) is 17.0 Å². The lowest BCUT2D eigenvalue weighted by Gasteiger charge is -2.11. The number of rotatable bonds is 6. The zero-order valence-electron chi connectivity index (χ0n) is 12.8. The van der Waals surface area contributed by atoms with Gasteiger partial charge in [-0.3, -0.25) is 4.79 Å². The van der Waals surface area contributed by atoms with Gasteiger partial charge in [0.2, 0.25) is 21.8 Å².